The summed E-state index contributed by atoms with van der Waals surface area (Å²) in [6.45, 7) is 6.78. The van der Waals surface area contributed by atoms with E-state index in [-0.39, 0.29) is 12.2 Å². The Bertz CT molecular complexity index is 911. The van der Waals surface area contributed by atoms with Crippen molar-refractivity contribution in [2.24, 2.45) is 5.16 Å². The third-order valence-electron chi connectivity index (χ3n) is 3.53. The fourth-order valence-electron chi connectivity index (χ4n) is 2.17. The summed E-state index contributed by atoms with van der Waals surface area (Å²) >= 11 is 0. The Morgan fingerprint density at radius 1 is 1.39 bits per heavy atom. The molecule has 0 spiro atoms. The molecule has 2 aromatic heterocycles. The number of rotatable bonds is 10. The van der Waals surface area contributed by atoms with Gasteiger partial charge in [0.1, 0.15) is 24.2 Å². The van der Waals surface area contributed by atoms with Gasteiger partial charge >= 0.3 is 13.5 Å². The molecule has 2 heterocycles. The van der Waals surface area contributed by atoms with Crippen molar-refractivity contribution in [3.63, 3.8) is 0 Å². The smallest absolute Gasteiger partial charge is 0.364 e. The number of nitrogens with one attached hydrogen (secondary N) is 1. The van der Waals surface area contributed by atoms with Crippen molar-refractivity contribution >= 4 is 36.2 Å². The lowest BCUT2D eigenvalue weighted by atomic mass is 10.4. The van der Waals surface area contributed by atoms with E-state index in [1.54, 1.807) is 31.7 Å². The zero-order chi connectivity index (χ0) is 20.9. The fourth-order valence-corrected chi connectivity index (χ4v) is 3.78. The normalized spacial score (nSPS) is 15.6. The van der Waals surface area contributed by atoms with Gasteiger partial charge in [-0.2, -0.15) is 0 Å². The lowest BCUT2D eigenvalue weighted by molar-refractivity contribution is -0.138. The predicted molar refractivity (Wildman–Crippen MR) is 103 cm³/mol. The standard InChI is InChI=1S/C15H24N7O5P/c1-9(2)20-27-28(25,21-11(4)15(23)24)8-26-10(3)5-22-7-19-12-13(16)17-6-18-14(12)22/h6-7,10-11H,5,8H2,1-4H3,(H,21,25)(H,23,24)(H2,16,17,18)/t10-,11-,28?/m0/s1. The van der Waals surface area contributed by atoms with Gasteiger partial charge in [0.25, 0.3) is 0 Å². The number of hydrogen-bond acceptors (Lipinski definition) is 9. The van der Waals surface area contributed by atoms with Gasteiger partial charge in [0.2, 0.25) is 0 Å². The van der Waals surface area contributed by atoms with Gasteiger partial charge in [-0.3, -0.25) is 9.36 Å². The van der Waals surface area contributed by atoms with E-state index in [2.05, 4.69) is 25.2 Å². The number of nitrogens with two attached hydrogens (primary N) is 1. The van der Waals surface area contributed by atoms with Crippen molar-refractivity contribution < 1.29 is 23.8 Å². The van der Waals surface area contributed by atoms with E-state index < -0.39 is 25.6 Å². The van der Waals surface area contributed by atoms with Crippen LogP contribution in [-0.4, -0.2) is 54.8 Å². The number of hydrogen-bond donors (Lipinski definition) is 3. The highest BCUT2D eigenvalue weighted by Crippen LogP contribution is 2.43. The molecule has 0 aliphatic rings. The summed E-state index contributed by atoms with van der Waals surface area (Å²) in [7, 11) is -3.69. The van der Waals surface area contributed by atoms with Crippen molar-refractivity contribution in [1.29, 1.82) is 0 Å². The molecule has 0 aliphatic carbocycles. The molecule has 12 nitrogen and oxygen atoms in total. The maximum Gasteiger partial charge on any atom is 0.364 e. The van der Waals surface area contributed by atoms with Gasteiger partial charge in [0.15, 0.2) is 11.5 Å². The van der Waals surface area contributed by atoms with Crippen LogP contribution in [0.2, 0.25) is 0 Å². The number of aliphatic carboxylic acids is 1. The third kappa shape index (κ3) is 5.72. The first-order chi connectivity index (χ1) is 13.1. The predicted octanol–water partition coefficient (Wildman–Crippen LogP) is 1.44. The highest BCUT2D eigenvalue weighted by atomic mass is 31.2. The molecule has 0 aliphatic heterocycles. The minimum absolute atomic E-state index is 0.273. The zero-order valence-corrected chi connectivity index (χ0v) is 17.0. The number of ether oxygens (including phenoxy) is 1. The number of nitrogen functional groups attached to an aromatic ring is 1. The highest BCUT2D eigenvalue weighted by molar-refractivity contribution is 7.56. The van der Waals surface area contributed by atoms with Crippen molar-refractivity contribution in [1.82, 2.24) is 24.6 Å². The van der Waals surface area contributed by atoms with Gasteiger partial charge in [-0.05, 0) is 27.7 Å². The van der Waals surface area contributed by atoms with Gasteiger partial charge in [0.05, 0.1) is 24.7 Å². The van der Waals surface area contributed by atoms with E-state index >= 15 is 0 Å². The zero-order valence-electron chi connectivity index (χ0n) is 16.1. The first-order valence-corrected chi connectivity index (χ1v) is 10.2. The lowest BCUT2D eigenvalue weighted by Crippen LogP contribution is -2.33. The summed E-state index contributed by atoms with van der Waals surface area (Å²) in [5.74, 6) is -0.897. The number of imidazole rings is 1. The van der Waals surface area contributed by atoms with Crippen LogP contribution < -0.4 is 10.8 Å². The highest BCUT2D eigenvalue weighted by Gasteiger charge is 2.31. The summed E-state index contributed by atoms with van der Waals surface area (Å²) in [5, 5.41) is 15.2. The van der Waals surface area contributed by atoms with Gasteiger partial charge in [-0.1, -0.05) is 5.16 Å². The number of aromatic nitrogens is 4. The summed E-state index contributed by atoms with van der Waals surface area (Å²) in [4.78, 5) is 23.3. The van der Waals surface area contributed by atoms with Crippen LogP contribution in [0.1, 0.15) is 27.7 Å². The lowest BCUT2D eigenvalue weighted by Gasteiger charge is -2.22. The summed E-state index contributed by atoms with van der Waals surface area (Å²) in [6.07, 6.45) is 2.11. The molecule has 0 saturated heterocycles. The second kappa shape index (κ2) is 9.09. The first-order valence-electron chi connectivity index (χ1n) is 8.44. The molecule has 1 unspecified atom stereocenters. The molecule has 154 valence electrons. The van der Waals surface area contributed by atoms with Gasteiger partial charge in [0, 0.05) is 0 Å². The van der Waals surface area contributed by atoms with Gasteiger partial charge < -0.3 is 24.8 Å². The number of nitrogens with zero attached hydrogens (tertiary/aromatic N) is 5. The monoisotopic (exact) mass is 413 g/mol. The van der Waals surface area contributed by atoms with Crippen LogP contribution in [0.5, 0.6) is 0 Å². The maximum absolute atomic E-state index is 12.9. The van der Waals surface area contributed by atoms with Crippen LogP contribution in [0.15, 0.2) is 17.8 Å². The van der Waals surface area contributed by atoms with E-state index in [1.807, 2.05) is 0 Å². The van der Waals surface area contributed by atoms with E-state index in [9.17, 15) is 9.36 Å². The van der Waals surface area contributed by atoms with E-state index in [1.165, 1.54) is 13.3 Å². The van der Waals surface area contributed by atoms with Gasteiger partial charge in [-0.15, -0.1) is 0 Å². The van der Waals surface area contributed by atoms with Crippen LogP contribution in [0, 0.1) is 0 Å². The minimum Gasteiger partial charge on any atom is -0.480 e. The third-order valence-corrected chi connectivity index (χ3v) is 5.14. The Morgan fingerprint density at radius 3 is 2.75 bits per heavy atom. The molecule has 3 atom stereocenters. The fraction of sp³-hybridized carbons (Fsp3) is 0.533. The molecule has 28 heavy (non-hydrogen) atoms. The molecular weight excluding hydrogens is 389 g/mol. The van der Waals surface area contributed by atoms with E-state index in [0.29, 0.717) is 23.4 Å². The van der Waals surface area contributed by atoms with Crippen LogP contribution in [0.3, 0.4) is 0 Å². The van der Waals surface area contributed by atoms with Crippen molar-refractivity contribution in [2.45, 2.75) is 46.4 Å². The number of carbonyl (C=O) groups is 1. The van der Waals surface area contributed by atoms with Crippen molar-refractivity contribution in [3.8, 4) is 0 Å². The molecule has 4 N–H and O–H groups in total. The number of carboxylic acid groups (broad SMARTS) is 1. The molecule has 2 aromatic rings. The van der Waals surface area contributed by atoms with Crippen LogP contribution in [-0.2, 0) is 25.3 Å². The molecule has 0 bridgehead atoms. The second-order valence-corrected chi connectivity index (χ2v) is 8.44. The first kappa shape index (κ1) is 21.7. The van der Waals surface area contributed by atoms with Crippen LogP contribution in [0.4, 0.5) is 5.82 Å². The maximum atomic E-state index is 12.9. The van der Waals surface area contributed by atoms with E-state index in [0.717, 1.165) is 0 Å². The average molecular weight is 413 g/mol. The van der Waals surface area contributed by atoms with Crippen molar-refractivity contribution in [2.75, 3.05) is 12.1 Å². The molecular formula is C15H24N7O5P. The number of fused-ring (bicyclic) bond motifs is 1. The quantitative estimate of drug-likeness (QED) is 0.294. The largest absolute Gasteiger partial charge is 0.480 e. The van der Waals surface area contributed by atoms with Crippen LogP contribution in [0.25, 0.3) is 11.2 Å². The molecule has 0 radical (unpaired) electrons. The summed E-state index contributed by atoms with van der Waals surface area (Å²) in [5.41, 5.74) is 7.32. The SMILES string of the molecule is CC(C)=NOP(=O)(CO[C@@H](C)Cn1cnc2c(N)ncnc21)N[C@@H](C)C(=O)O. The molecule has 2 rings (SSSR count). The molecule has 0 amide bonds. The second-order valence-electron chi connectivity index (χ2n) is 6.42. The summed E-state index contributed by atoms with van der Waals surface area (Å²) in [6, 6.07) is -1.10. The average Bonchev–Trinajstić information content (AvgIpc) is 3.03. The summed E-state index contributed by atoms with van der Waals surface area (Å²) < 4.78 is 25.3. The van der Waals surface area contributed by atoms with Gasteiger partial charge in [-0.25, -0.2) is 20.0 Å². The van der Waals surface area contributed by atoms with Crippen molar-refractivity contribution in [3.05, 3.63) is 12.7 Å². The number of carboxylic acids is 1. The van der Waals surface area contributed by atoms with Crippen LogP contribution >= 0.6 is 7.52 Å². The number of anilines is 1. The van der Waals surface area contributed by atoms with E-state index in [4.69, 9.17) is 20.2 Å². The molecule has 0 fully saturated rings. The molecule has 0 aromatic carbocycles. The molecule has 0 saturated carbocycles. The minimum atomic E-state index is -3.69. The Kier molecular flexibility index (Phi) is 7.05. The Hall–Kier alpha value is -2.56. The molecule has 13 heteroatoms. The Balaban J connectivity index is 2.06. The topological polar surface area (TPSA) is 167 Å². The Morgan fingerprint density at radius 2 is 2.11 bits per heavy atom. The Labute approximate surface area is 161 Å². The number of oxime groups is 1.